The molecular formula is C14H16N2O3S. The van der Waals surface area contributed by atoms with Crippen LogP contribution in [-0.2, 0) is 4.84 Å². The van der Waals surface area contributed by atoms with Crippen LogP contribution in [0.3, 0.4) is 0 Å². The molecule has 6 heteroatoms. The fourth-order valence-corrected chi connectivity index (χ4v) is 2.09. The number of benzene rings is 1. The number of thioether (sulfide) groups is 1. The van der Waals surface area contributed by atoms with E-state index in [4.69, 9.17) is 16.0 Å². The molecule has 0 aliphatic carbocycles. The zero-order valence-electron chi connectivity index (χ0n) is 11.6. The normalized spacial score (nSPS) is 10.1. The summed E-state index contributed by atoms with van der Waals surface area (Å²) in [5, 5.41) is 6.17. The van der Waals surface area contributed by atoms with E-state index in [0.29, 0.717) is 11.3 Å². The first-order valence-corrected chi connectivity index (χ1v) is 7.02. The number of hydrogen-bond donors (Lipinski definition) is 1. The smallest absolute Gasteiger partial charge is 0.410 e. The highest BCUT2D eigenvalue weighted by Crippen LogP contribution is 2.29. The molecule has 0 aromatic heterocycles. The van der Waals surface area contributed by atoms with Gasteiger partial charge in [-0.2, -0.15) is 0 Å². The molecule has 1 amide bonds. The third kappa shape index (κ3) is 4.21. The highest BCUT2D eigenvalue weighted by molar-refractivity contribution is 7.98. The van der Waals surface area contributed by atoms with E-state index in [9.17, 15) is 4.79 Å². The molecule has 1 aromatic carbocycles. The van der Waals surface area contributed by atoms with Crippen LogP contribution >= 0.6 is 11.8 Å². The summed E-state index contributed by atoms with van der Waals surface area (Å²) in [5.74, 6) is 2.72. The number of carbonyl (C=O) groups excluding carboxylic acids is 1. The molecule has 0 heterocycles. The van der Waals surface area contributed by atoms with Gasteiger partial charge in [-0.15, -0.1) is 18.2 Å². The lowest BCUT2D eigenvalue weighted by Crippen LogP contribution is -2.22. The van der Waals surface area contributed by atoms with Crippen molar-refractivity contribution in [2.24, 2.45) is 5.16 Å². The van der Waals surface area contributed by atoms with Crippen LogP contribution in [0.5, 0.6) is 5.75 Å². The standard InChI is InChI=1S/C14H16N2O3S/c1-5-8-18-16-9-11-10(2)13(20-4)7-6-12(11)19-14(17)15-3/h1,6-7,9H,8H2,2-4H3,(H,15,17)/b16-9-. The molecule has 0 fully saturated rings. The molecular weight excluding hydrogens is 276 g/mol. The van der Waals surface area contributed by atoms with Gasteiger partial charge in [0.1, 0.15) is 5.75 Å². The maximum absolute atomic E-state index is 11.3. The van der Waals surface area contributed by atoms with Crippen LogP contribution in [0.25, 0.3) is 0 Å². The molecule has 1 N–H and O–H groups in total. The quantitative estimate of drug-likeness (QED) is 0.298. The Hall–Kier alpha value is -2.13. The Morgan fingerprint density at radius 2 is 2.35 bits per heavy atom. The molecule has 5 nitrogen and oxygen atoms in total. The van der Waals surface area contributed by atoms with Crippen LogP contribution < -0.4 is 10.1 Å². The van der Waals surface area contributed by atoms with Crippen molar-refractivity contribution in [3.63, 3.8) is 0 Å². The van der Waals surface area contributed by atoms with E-state index < -0.39 is 6.09 Å². The fraction of sp³-hybridized carbons (Fsp3) is 0.286. The number of ether oxygens (including phenoxy) is 1. The summed E-state index contributed by atoms with van der Waals surface area (Å²) in [7, 11) is 1.50. The van der Waals surface area contributed by atoms with E-state index in [1.54, 1.807) is 17.8 Å². The molecule has 106 valence electrons. The number of oxime groups is 1. The lowest BCUT2D eigenvalue weighted by molar-refractivity contribution is 0.181. The van der Waals surface area contributed by atoms with Crippen LogP contribution in [0.15, 0.2) is 22.2 Å². The number of carbonyl (C=O) groups is 1. The van der Waals surface area contributed by atoms with Gasteiger partial charge in [-0.1, -0.05) is 11.1 Å². The summed E-state index contributed by atoms with van der Waals surface area (Å²) in [6.45, 7) is 2.01. The van der Waals surface area contributed by atoms with E-state index in [1.165, 1.54) is 13.3 Å². The largest absolute Gasteiger partial charge is 0.412 e. The molecule has 0 unspecified atom stereocenters. The molecule has 20 heavy (non-hydrogen) atoms. The van der Waals surface area contributed by atoms with Crippen molar-refractivity contribution in [2.45, 2.75) is 11.8 Å². The van der Waals surface area contributed by atoms with Gasteiger partial charge in [-0.05, 0) is 30.9 Å². The molecule has 0 saturated heterocycles. The zero-order valence-corrected chi connectivity index (χ0v) is 12.4. The van der Waals surface area contributed by atoms with Crippen molar-refractivity contribution in [1.29, 1.82) is 0 Å². The molecule has 0 saturated carbocycles. The monoisotopic (exact) mass is 292 g/mol. The average Bonchev–Trinajstić information content (AvgIpc) is 2.46. The van der Waals surface area contributed by atoms with Gasteiger partial charge in [0.15, 0.2) is 6.61 Å². The van der Waals surface area contributed by atoms with Crippen LogP contribution in [0.4, 0.5) is 4.79 Å². The molecule has 1 aromatic rings. The molecule has 0 bridgehead atoms. The second-order valence-electron chi connectivity index (χ2n) is 3.66. The first kappa shape index (κ1) is 15.9. The van der Waals surface area contributed by atoms with Crippen LogP contribution in [0.2, 0.25) is 0 Å². The second kappa shape index (κ2) is 8.12. The summed E-state index contributed by atoms with van der Waals surface area (Å²) in [6.07, 6.45) is 7.99. The third-order valence-corrected chi connectivity index (χ3v) is 3.34. The lowest BCUT2D eigenvalue weighted by Gasteiger charge is -2.12. The SMILES string of the molecule is C#CCO/N=C\c1c(OC(=O)NC)ccc(SC)c1C. The van der Waals surface area contributed by atoms with E-state index in [-0.39, 0.29) is 6.61 Å². The number of amides is 1. The van der Waals surface area contributed by atoms with Gasteiger partial charge in [-0.3, -0.25) is 0 Å². The summed E-state index contributed by atoms with van der Waals surface area (Å²) in [5.41, 5.74) is 1.63. The van der Waals surface area contributed by atoms with Crippen molar-refractivity contribution < 1.29 is 14.4 Å². The predicted molar refractivity (Wildman–Crippen MR) is 80.4 cm³/mol. The van der Waals surface area contributed by atoms with E-state index in [0.717, 1.165) is 10.5 Å². The molecule has 0 atom stereocenters. The Morgan fingerprint density at radius 1 is 1.60 bits per heavy atom. The number of nitrogens with zero attached hydrogens (tertiary/aromatic N) is 1. The van der Waals surface area contributed by atoms with E-state index in [1.807, 2.05) is 19.2 Å². The van der Waals surface area contributed by atoms with Crippen LogP contribution in [0, 0.1) is 19.3 Å². The number of nitrogens with one attached hydrogen (secondary N) is 1. The van der Waals surface area contributed by atoms with Crippen molar-refractivity contribution >= 4 is 24.1 Å². The van der Waals surface area contributed by atoms with Gasteiger partial charge in [0.25, 0.3) is 0 Å². The van der Waals surface area contributed by atoms with Gasteiger partial charge in [0, 0.05) is 17.5 Å². The summed E-state index contributed by atoms with van der Waals surface area (Å²) in [6, 6.07) is 3.61. The molecule has 1 rings (SSSR count). The summed E-state index contributed by atoms with van der Waals surface area (Å²) >= 11 is 1.60. The topological polar surface area (TPSA) is 59.9 Å². The lowest BCUT2D eigenvalue weighted by atomic mass is 10.1. The van der Waals surface area contributed by atoms with Gasteiger partial charge >= 0.3 is 6.09 Å². The Kier molecular flexibility index (Phi) is 6.47. The van der Waals surface area contributed by atoms with Crippen molar-refractivity contribution in [3.05, 3.63) is 23.3 Å². The molecule has 0 aliphatic rings. The first-order valence-electron chi connectivity index (χ1n) is 5.80. The number of hydrogen-bond acceptors (Lipinski definition) is 5. The minimum atomic E-state index is -0.541. The van der Waals surface area contributed by atoms with Crippen molar-refractivity contribution in [1.82, 2.24) is 5.32 Å². The Labute approximate surface area is 122 Å². The molecule has 0 spiro atoms. The average molecular weight is 292 g/mol. The predicted octanol–water partition coefficient (Wildman–Crippen LogP) is 2.42. The Morgan fingerprint density at radius 3 is 2.95 bits per heavy atom. The maximum Gasteiger partial charge on any atom is 0.412 e. The summed E-state index contributed by atoms with van der Waals surface area (Å²) < 4.78 is 5.19. The minimum Gasteiger partial charge on any atom is -0.410 e. The van der Waals surface area contributed by atoms with Crippen molar-refractivity contribution in [3.8, 4) is 18.1 Å². The minimum absolute atomic E-state index is 0.0867. The van der Waals surface area contributed by atoms with Crippen LogP contribution in [0.1, 0.15) is 11.1 Å². The fourth-order valence-electron chi connectivity index (χ4n) is 1.47. The molecule has 0 radical (unpaired) electrons. The van der Waals surface area contributed by atoms with Gasteiger partial charge < -0.3 is 14.9 Å². The first-order chi connectivity index (χ1) is 9.63. The third-order valence-electron chi connectivity index (χ3n) is 2.46. The molecule has 0 aliphatic heterocycles. The number of terminal acetylenes is 1. The van der Waals surface area contributed by atoms with Crippen molar-refractivity contribution in [2.75, 3.05) is 19.9 Å². The Bertz CT molecular complexity index is 550. The van der Waals surface area contributed by atoms with Gasteiger partial charge in [-0.25, -0.2) is 4.79 Å². The van der Waals surface area contributed by atoms with Crippen LogP contribution in [-0.4, -0.2) is 32.2 Å². The second-order valence-corrected chi connectivity index (χ2v) is 4.50. The Balaban J connectivity index is 3.10. The van der Waals surface area contributed by atoms with E-state index >= 15 is 0 Å². The van der Waals surface area contributed by atoms with E-state index in [2.05, 4.69) is 16.4 Å². The maximum atomic E-state index is 11.3. The summed E-state index contributed by atoms with van der Waals surface area (Å²) in [4.78, 5) is 17.3. The van der Waals surface area contributed by atoms with Gasteiger partial charge in [0.05, 0.1) is 6.21 Å². The highest BCUT2D eigenvalue weighted by Gasteiger charge is 2.12. The zero-order chi connectivity index (χ0) is 15.0. The number of rotatable bonds is 5. The highest BCUT2D eigenvalue weighted by atomic mass is 32.2. The van der Waals surface area contributed by atoms with Gasteiger partial charge in [0.2, 0.25) is 0 Å².